The maximum absolute atomic E-state index is 12.1. The van der Waals surface area contributed by atoms with Crippen molar-refractivity contribution in [2.24, 2.45) is 0 Å². The standard InChI is InChI=1S/C7H7F3N2.C2H6/c1-4-2-3-5(11)12-6(4)7(8,9)10;1-2/h2-3H,1H3,(H2,11,12);1-2H3. The molecule has 2 nitrogen and oxygen atoms in total. The summed E-state index contributed by atoms with van der Waals surface area (Å²) >= 11 is 0. The number of nitrogens with zero attached hydrogens (tertiary/aromatic N) is 1. The van der Waals surface area contributed by atoms with Gasteiger partial charge in [-0.15, -0.1) is 0 Å². The van der Waals surface area contributed by atoms with Gasteiger partial charge in [-0.25, -0.2) is 4.98 Å². The number of nitrogens with two attached hydrogens (primary N) is 1. The van der Waals surface area contributed by atoms with Gasteiger partial charge >= 0.3 is 6.18 Å². The Balaban J connectivity index is 0.000000791. The molecule has 0 unspecified atom stereocenters. The summed E-state index contributed by atoms with van der Waals surface area (Å²) in [5.74, 6) is -0.118. The Kier molecular flexibility index (Phi) is 4.40. The molecular weight excluding hydrogens is 193 g/mol. The Bertz CT molecular complexity index is 295. The lowest BCUT2D eigenvalue weighted by molar-refractivity contribution is -0.141. The van der Waals surface area contributed by atoms with E-state index in [0.29, 0.717) is 0 Å². The molecule has 0 aromatic carbocycles. The fourth-order valence-corrected chi connectivity index (χ4v) is 0.831. The number of rotatable bonds is 0. The van der Waals surface area contributed by atoms with Gasteiger partial charge in [-0.1, -0.05) is 19.9 Å². The fourth-order valence-electron chi connectivity index (χ4n) is 0.831. The van der Waals surface area contributed by atoms with Gasteiger partial charge in [0.2, 0.25) is 0 Å². The SMILES string of the molecule is CC.Cc1ccc(N)nc1C(F)(F)F. The number of aryl methyl sites for hydroxylation is 1. The van der Waals surface area contributed by atoms with E-state index in [2.05, 4.69) is 4.98 Å². The van der Waals surface area contributed by atoms with Crippen LogP contribution in [0.2, 0.25) is 0 Å². The van der Waals surface area contributed by atoms with E-state index in [0.717, 1.165) is 0 Å². The number of pyridine rings is 1. The molecular formula is C9H13F3N2. The number of hydrogen-bond acceptors (Lipinski definition) is 2. The third-order valence-corrected chi connectivity index (χ3v) is 1.39. The average molecular weight is 206 g/mol. The van der Waals surface area contributed by atoms with Gasteiger partial charge in [-0.2, -0.15) is 13.2 Å². The molecule has 0 fully saturated rings. The minimum absolute atomic E-state index is 0.0803. The van der Waals surface area contributed by atoms with Crippen LogP contribution in [-0.4, -0.2) is 4.98 Å². The van der Waals surface area contributed by atoms with Crippen LogP contribution in [0.15, 0.2) is 12.1 Å². The summed E-state index contributed by atoms with van der Waals surface area (Å²) in [7, 11) is 0. The molecule has 0 saturated carbocycles. The van der Waals surface area contributed by atoms with Crippen LogP contribution in [0.5, 0.6) is 0 Å². The highest BCUT2D eigenvalue weighted by molar-refractivity contribution is 5.34. The highest BCUT2D eigenvalue weighted by Gasteiger charge is 2.34. The first-order chi connectivity index (χ1) is 6.41. The van der Waals surface area contributed by atoms with Gasteiger partial charge < -0.3 is 5.73 Å². The second-order valence-electron chi connectivity index (χ2n) is 2.40. The summed E-state index contributed by atoms with van der Waals surface area (Å²) in [6.45, 7) is 5.34. The van der Waals surface area contributed by atoms with Crippen molar-refractivity contribution >= 4 is 5.82 Å². The molecule has 80 valence electrons. The van der Waals surface area contributed by atoms with E-state index in [9.17, 15) is 13.2 Å². The van der Waals surface area contributed by atoms with Crippen LogP contribution >= 0.6 is 0 Å². The van der Waals surface area contributed by atoms with Crippen LogP contribution in [0.4, 0.5) is 19.0 Å². The third-order valence-electron chi connectivity index (χ3n) is 1.39. The van der Waals surface area contributed by atoms with Crippen molar-refractivity contribution in [2.45, 2.75) is 26.9 Å². The summed E-state index contributed by atoms with van der Waals surface area (Å²) in [5, 5.41) is 0. The normalized spacial score (nSPS) is 10.4. The van der Waals surface area contributed by atoms with Crippen LogP contribution in [0.25, 0.3) is 0 Å². The Morgan fingerprint density at radius 1 is 1.21 bits per heavy atom. The molecule has 0 amide bonds. The highest BCUT2D eigenvalue weighted by Crippen LogP contribution is 2.30. The van der Waals surface area contributed by atoms with E-state index in [1.807, 2.05) is 13.8 Å². The first-order valence-corrected chi connectivity index (χ1v) is 4.21. The zero-order valence-corrected chi connectivity index (χ0v) is 8.31. The average Bonchev–Trinajstić information content (AvgIpc) is 2.11. The number of alkyl halides is 3. The Morgan fingerprint density at radius 2 is 1.71 bits per heavy atom. The zero-order chi connectivity index (χ0) is 11.4. The van der Waals surface area contributed by atoms with Crippen molar-refractivity contribution in [1.29, 1.82) is 0 Å². The van der Waals surface area contributed by atoms with Crippen LogP contribution in [0.3, 0.4) is 0 Å². The number of anilines is 1. The first-order valence-electron chi connectivity index (χ1n) is 4.21. The van der Waals surface area contributed by atoms with Gasteiger partial charge in [0.05, 0.1) is 0 Å². The number of hydrogen-bond donors (Lipinski definition) is 1. The van der Waals surface area contributed by atoms with Crippen molar-refractivity contribution in [3.8, 4) is 0 Å². The van der Waals surface area contributed by atoms with E-state index in [1.54, 1.807) is 0 Å². The summed E-state index contributed by atoms with van der Waals surface area (Å²) < 4.78 is 36.3. The predicted molar refractivity (Wildman–Crippen MR) is 49.7 cm³/mol. The summed E-state index contributed by atoms with van der Waals surface area (Å²) in [6.07, 6.45) is -4.42. The molecule has 1 heterocycles. The van der Waals surface area contributed by atoms with Gasteiger partial charge in [-0.3, -0.25) is 0 Å². The van der Waals surface area contributed by atoms with Crippen molar-refractivity contribution in [3.05, 3.63) is 23.4 Å². The molecule has 0 aliphatic carbocycles. The molecule has 0 bridgehead atoms. The molecule has 0 spiro atoms. The molecule has 1 rings (SSSR count). The largest absolute Gasteiger partial charge is 0.433 e. The topological polar surface area (TPSA) is 38.9 Å². The molecule has 14 heavy (non-hydrogen) atoms. The molecule has 2 N–H and O–H groups in total. The molecule has 1 aromatic heterocycles. The van der Waals surface area contributed by atoms with E-state index in [1.165, 1.54) is 19.1 Å². The molecule has 5 heteroatoms. The lowest BCUT2D eigenvalue weighted by Gasteiger charge is -2.08. The molecule has 0 radical (unpaired) electrons. The Hall–Kier alpha value is -1.26. The van der Waals surface area contributed by atoms with Gasteiger partial charge in [0.1, 0.15) is 11.5 Å². The molecule has 0 saturated heterocycles. The smallest absolute Gasteiger partial charge is 0.384 e. The maximum Gasteiger partial charge on any atom is 0.433 e. The Labute approximate surface area is 81.0 Å². The number of aromatic nitrogens is 1. The van der Waals surface area contributed by atoms with Crippen LogP contribution in [-0.2, 0) is 6.18 Å². The Morgan fingerprint density at radius 3 is 2.07 bits per heavy atom. The molecule has 1 aromatic rings. The van der Waals surface area contributed by atoms with E-state index in [-0.39, 0.29) is 11.4 Å². The molecule has 0 aliphatic rings. The second kappa shape index (κ2) is 4.83. The fraction of sp³-hybridized carbons (Fsp3) is 0.444. The number of halogens is 3. The van der Waals surface area contributed by atoms with E-state index < -0.39 is 11.9 Å². The summed E-state index contributed by atoms with van der Waals surface area (Å²) in [4.78, 5) is 3.20. The van der Waals surface area contributed by atoms with Gasteiger partial charge in [0, 0.05) is 0 Å². The molecule has 0 aliphatic heterocycles. The number of nitrogen functional groups attached to an aromatic ring is 1. The van der Waals surface area contributed by atoms with Crippen molar-refractivity contribution in [3.63, 3.8) is 0 Å². The summed E-state index contributed by atoms with van der Waals surface area (Å²) in [5.41, 5.74) is 4.28. The second-order valence-corrected chi connectivity index (χ2v) is 2.40. The van der Waals surface area contributed by atoms with Gasteiger partial charge in [0.25, 0.3) is 0 Å². The highest BCUT2D eigenvalue weighted by atomic mass is 19.4. The zero-order valence-electron chi connectivity index (χ0n) is 8.31. The van der Waals surface area contributed by atoms with Crippen molar-refractivity contribution in [1.82, 2.24) is 4.98 Å². The lowest BCUT2D eigenvalue weighted by Crippen LogP contribution is -2.11. The molecule has 0 atom stereocenters. The third kappa shape index (κ3) is 3.24. The van der Waals surface area contributed by atoms with E-state index >= 15 is 0 Å². The predicted octanol–water partition coefficient (Wildman–Crippen LogP) is 3.02. The van der Waals surface area contributed by atoms with Gasteiger partial charge in [0.15, 0.2) is 0 Å². The minimum Gasteiger partial charge on any atom is -0.384 e. The van der Waals surface area contributed by atoms with Crippen molar-refractivity contribution in [2.75, 3.05) is 5.73 Å². The van der Waals surface area contributed by atoms with Crippen LogP contribution < -0.4 is 5.73 Å². The maximum atomic E-state index is 12.1. The quantitative estimate of drug-likeness (QED) is 0.708. The van der Waals surface area contributed by atoms with Gasteiger partial charge in [-0.05, 0) is 18.6 Å². The monoisotopic (exact) mass is 206 g/mol. The van der Waals surface area contributed by atoms with E-state index in [4.69, 9.17) is 5.73 Å². The summed E-state index contributed by atoms with van der Waals surface area (Å²) in [6, 6.07) is 2.63. The van der Waals surface area contributed by atoms with Crippen LogP contribution in [0, 0.1) is 6.92 Å². The van der Waals surface area contributed by atoms with Crippen LogP contribution in [0.1, 0.15) is 25.1 Å². The first kappa shape index (κ1) is 12.7. The van der Waals surface area contributed by atoms with Crippen molar-refractivity contribution < 1.29 is 13.2 Å². The lowest BCUT2D eigenvalue weighted by atomic mass is 10.2. The minimum atomic E-state index is -4.42.